The van der Waals surface area contributed by atoms with Gasteiger partial charge in [-0.25, -0.2) is 4.98 Å². The first-order valence-corrected chi connectivity index (χ1v) is 6.78. The molecule has 0 bridgehead atoms. The zero-order valence-electron chi connectivity index (χ0n) is 11.2. The van der Waals surface area contributed by atoms with E-state index in [-0.39, 0.29) is 5.41 Å². The monoisotopic (exact) mass is 261 g/mol. The largest absolute Gasteiger partial charge is 0.389 e. The summed E-state index contributed by atoms with van der Waals surface area (Å²) in [7, 11) is 0. The third kappa shape index (κ3) is 2.82. The van der Waals surface area contributed by atoms with Crippen molar-refractivity contribution in [2.24, 2.45) is 0 Å². The fraction of sp³-hybridized carbons (Fsp3) is 0.357. The normalized spacial score (nSPS) is 11.6. The topological polar surface area (TPSA) is 50.9 Å². The van der Waals surface area contributed by atoms with E-state index in [2.05, 4.69) is 55.3 Å². The number of anilines is 3. The van der Waals surface area contributed by atoms with E-state index in [9.17, 15) is 0 Å². The van der Waals surface area contributed by atoms with E-state index in [0.29, 0.717) is 0 Å². The Kier molecular flexibility index (Phi) is 3.30. The molecule has 0 atom stereocenters. The van der Waals surface area contributed by atoms with E-state index in [1.807, 2.05) is 6.92 Å². The van der Waals surface area contributed by atoms with Crippen LogP contribution in [0.3, 0.4) is 0 Å². The van der Waals surface area contributed by atoms with E-state index in [1.165, 1.54) is 16.9 Å². The summed E-state index contributed by atoms with van der Waals surface area (Å²) in [6, 6.07) is 8.44. The Labute approximate surface area is 112 Å². The number of thiazole rings is 1. The lowest BCUT2D eigenvalue weighted by molar-refractivity contribution is 0.590. The van der Waals surface area contributed by atoms with Crippen LogP contribution < -0.4 is 11.1 Å². The Bertz CT molecular complexity index is 516. The molecule has 1 aromatic carbocycles. The number of aryl methyl sites for hydroxylation is 1. The quantitative estimate of drug-likeness (QED) is 0.856. The molecule has 0 fully saturated rings. The van der Waals surface area contributed by atoms with Gasteiger partial charge in [-0.05, 0) is 30.0 Å². The van der Waals surface area contributed by atoms with Crippen molar-refractivity contribution in [3.8, 4) is 0 Å². The Hall–Kier alpha value is -1.55. The fourth-order valence-electron chi connectivity index (χ4n) is 1.64. The maximum Gasteiger partial charge on any atom is 0.189 e. The number of nitrogens with two attached hydrogens (primary N) is 1. The van der Waals surface area contributed by atoms with E-state index in [4.69, 9.17) is 5.73 Å². The van der Waals surface area contributed by atoms with Gasteiger partial charge in [0.05, 0.1) is 5.69 Å². The summed E-state index contributed by atoms with van der Waals surface area (Å²) in [5, 5.41) is 4.88. The Balaban J connectivity index is 2.16. The third-order valence-electron chi connectivity index (χ3n) is 2.83. The minimum Gasteiger partial charge on any atom is -0.389 e. The molecule has 4 heteroatoms. The number of benzene rings is 1. The minimum absolute atomic E-state index is 0.181. The lowest BCUT2D eigenvalue weighted by Crippen LogP contribution is -2.10. The summed E-state index contributed by atoms with van der Waals surface area (Å²) >= 11 is 1.47. The van der Waals surface area contributed by atoms with Gasteiger partial charge in [-0.15, -0.1) is 0 Å². The number of hydrogen-bond donors (Lipinski definition) is 2. The van der Waals surface area contributed by atoms with Crippen LogP contribution in [0.4, 0.5) is 15.8 Å². The van der Waals surface area contributed by atoms with Crippen molar-refractivity contribution in [2.45, 2.75) is 33.1 Å². The highest BCUT2D eigenvalue weighted by Crippen LogP contribution is 2.29. The van der Waals surface area contributed by atoms with Crippen LogP contribution in [0.2, 0.25) is 0 Å². The number of hydrogen-bond acceptors (Lipinski definition) is 4. The van der Waals surface area contributed by atoms with Crippen molar-refractivity contribution in [1.82, 2.24) is 4.98 Å². The zero-order valence-corrected chi connectivity index (χ0v) is 12.1. The van der Waals surface area contributed by atoms with Crippen molar-refractivity contribution in [1.29, 1.82) is 0 Å². The molecule has 0 spiro atoms. The van der Waals surface area contributed by atoms with Gasteiger partial charge in [-0.2, -0.15) is 0 Å². The molecule has 0 aliphatic rings. The van der Waals surface area contributed by atoms with Gasteiger partial charge in [0.2, 0.25) is 0 Å². The van der Waals surface area contributed by atoms with Gasteiger partial charge in [-0.3, -0.25) is 0 Å². The Morgan fingerprint density at radius 3 is 2.22 bits per heavy atom. The maximum absolute atomic E-state index is 5.79. The van der Waals surface area contributed by atoms with Crippen LogP contribution in [0.25, 0.3) is 0 Å². The molecular weight excluding hydrogens is 242 g/mol. The van der Waals surface area contributed by atoms with E-state index in [1.54, 1.807) is 0 Å². The van der Waals surface area contributed by atoms with Crippen LogP contribution >= 0.6 is 11.3 Å². The van der Waals surface area contributed by atoms with Crippen molar-refractivity contribution < 1.29 is 0 Å². The van der Waals surface area contributed by atoms with Crippen LogP contribution in [0, 0.1) is 6.92 Å². The number of aromatic nitrogens is 1. The first-order chi connectivity index (χ1) is 8.36. The van der Waals surface area contributed by atoms with E-state index >= 15 is 0 Å². The second-order valence-corrected chi connectivity index (χ2v) is 6.45. The van der Waals surface area contributed by atoms with Crippen molar-refractivity contribution in [2.75, 3.05) is 11.1 Å². The third-order valence-corrected chi connectivity index (χ3v) is 3.74. The molecule has 2 aromatic rings. The lowest BCUT2D eigenvalue weighted by Gasteiger charge is -2.19. The lowest BCUT2D eigenvalue weighted by atomic mass is 9.87. The van der Waals surface area contributed by atoms with Gasteiger partial charge >= 0.3 is 0 Å². The average Bonchev–Trinajstić information content (AvgIpc) is 2.57. The maximum atomic E-state index is 5.79. The summed E-state index contributed by atoms with van der Waals surface area (Å²) in [6.07, 6.45) is 0. The van der Waals surface area contributed by atoms with Gasteiger partial charge in [0, 0.05) is 5.69 Å². The van der Waals surface area contributed by atoms with Gasteiger partial charge < -0.3 is 11.1 Å². The molecule has 96 valence electrons. The molecule has 3 nitrogen and oxygen atoms in total. The summed E-state index contributed by atoms with van der Waals surface area (Å²) < 4.78 is 0. The van der Waals surface area contributed by atoms with Gasteiger partial charge in [0.15, 0.2) is 5.13 Å². The Morgan fingerprint density at radius 1 is 1.17 bits per heavy atom. The molecule has 2 rings (SSSR count). The summed E-state index contributed by atoms with van der Waals surface area (Å²) in [4.78, 5) is 4.36. The van der Waals surface area contributed by atoms with E-state index < -0.39 is 0 Å². The molecule has 0 radical (unpaired) electrons. The van der Waals surface area contributed by atoms with Crippen molar-refractivity contribution in [3.63, 3.8) is 0 Å². The first-order valence-electron chi connectivity index (χ1n) is 5.97. The highest BCUT2D eigenvalue weighted by atomic mass is 32.1. The SMILES string of the molecule is Cc1nc(Nc2ccc(C(C)(C)C)cc2)sc1N. The van der Waals surface area contributed by atoms with Crippen LogP contribution in [0.1, 0.15) is 32.0 Å². The standard InChI is InChI=1S/C14H19N3S/c1-9-12(15)18-13(16-9)17-11-7-5-10(6-8-11)14(2,3)4/h5-8H,15H2,1-4H3,(H,16,17). The molecule has 0 amide bonds. The van der Waals surface area contributed by atoms with Crippen LogP contribution in [-0.4, -0.2) is 4.98 Å². The highest BCUT2D eigenvalue weighted by molar-refractivity contribution is 7.19. The molecule has 0 saturated heterocycles. The predicted molar refractivity (Wildman–Crippen MR) is 79.7 cm³/mol. The van der Waals surface area contributed by atoms with Crippen molar-refractivity contribution in [3.05, 3.63) is 35.5 Å². The molecule has 0 unspecified atom stereocenters. The second kappa shape index (κ2) is 4.61. The summed E-state index contributed by atoms with van der Waals surface area (Å²) in [6.45, 7) is 8.54. The van der Waals surface area contributed by atoms with E-state index in [0.717, 1.165) is 21.5 Å². The van der Waals surface area contributed by atoms with Gasteiger partial charge in [0.1, 0.15) is 5.00 Å². The average molecular weight is 261 g/mol. The van der Waals surface area contributed by atoms with Crippen molar-refractivity contribution >= 4 is 27.2 Å². The van der Waals surface area contributed by atoms with Crippen LogP contribution in [0.5, 0.6) is 0 Å². The molecule has 3 N–H and O–H groups in total. The highest BCUT2D eigenvalue weighted by Gasteiger charge is 2.13. The smallest absolute Gasteiger partial charge is 0.189 e. The molecule has 18 heavy (non-hydrogen) atoms. The number of nitrogens with zero attached hydrogens (tertiary/aromatic N) is 1. The molecular formula is C14H19N3S. The first kappa shape index (κ1) is 12.9. The minimum atomic E-state index is 0.181. The summed E-state index contributed by atoms with van der Waals surface area (Å²) in [5.41, 5.74) is 9.22. The number of nitrogen functional groups attached to an aromatic ring is 1. The molecule has 1 aromatic heterocycles. The second-order valence-electron chi connectivity index (χ2n) is 5.42. The summed E-state index contributed by atoms with van der Waals surface area (Å²) in [5.74, 6) is 0. The van der Waals surface area contributed by atoms with Crippen LogP contribution in [-0.2, 0) is 5.41 Å². The van der Waals surface area contributed by atoms with Gasteiger partial charge in [-0.1, -0.05) is 44.2 Å². The Morgan fingerprint density at radius 2 is 1.78 bits per heavy atom. The number of rotatable bonds is 2. The van der Waals surface area contributed by atoms with Gasteiger partial charge in [0.25, 0.3) is 0 Å². The zero-order chi connectivity index (χ0) is 13.3. The molecule has 0 saturated carbocycles. The molecule has 0 aliphatic heterocycles. The fourth-order valence-corrected chi connectivity index (χ4v) is 2.39. The van der Waals surface area contributed by atoms with Crippen LogP contribution in [0.15, 0.2) is 24.3 Å². The predicted octanol–water partition coefficient (Wildman–Crippen LogP) is 4.07. The number of nitrogens with one attached hydrogen (secondary N) is 1. The molecule has 1 heterocycles. The molecule has 0 aliphatic carbocycles.